The van der Waals surface area contributed by atoms with Gasteiger partial charge in [-0.15, -0.1) is 0 Å². The number of rotatable bonds is 9. The highest BCUT2D eigenvalue weighted by Gasteiger charge is 2.13. The quantitative estimate of drug-likeness (QED) is 0.702. The number of piperidine rings is 1. The summed E-state index contributed by atoms with van der Waals surface area (Å²) in [5.74, 6) is -0.127. The first-order chi connectivity index (χ1) is 11.2. The van der Waals surface area contributed by atoms with Gasteiger partial charge >= 0.3 is 0 Å². The average molecular weight is 320 g/mol. The summed E-state index contributed by atoms with van der Waals surface area (Å²) in [6.45, 7) is 6.18. The van der Waals surface area contributed by atoms with E-state index in [-0.39, 0.29) is 11.2 Å². The molecule has 2 heterocycles. The minimum absolute atomic E-state index is 0.127. The molecule has 1 saturated heterocycles. The minimum atomic E-state index is -0.254. The van der Waals surface area contributed by atoms with Crippen LogP contribution in [0.1, 0.15) is 70.4 Å². The highest BCUT2D eigenvalue weighted by atomic mass is 16.3. The maximum Gasteiger partial charge on any atom is 0.223 e. The Bertz CT molecular complexity index is 519. The molecule has 0 aliphatic carbocycles. The molecule has 1 N–H and O–H groups in total. The first kappa shape index (κ1) is 18.1. The maximum atomic E-state index is 11.8. The fraction of sp³-hybridized carbons (Fsp3) is 0.737. The van der Waals surface area contributed by atoms with Crippen molar-refractivity contribution in [3.63, 3.8) is 0 Å². The third-order valence-electron chi connectivity index (χ3n) is 4.78. The summed E-state index contributed by atoms with van der Waals surface area (Å²) in [5, 5.41) is 9.76. The lowest BCUT2D eigenvalue weighted by Gasteiger charge is -2.27. The fourth-order valence-corrected chi connectivity index (χ4v) is 3.36. The number of hydrogen-bond donors (Lipinski definition) is 1. The summed E-state index contributed by atoms with van der Waals surface area (Å²) in [6, 6.07) is 1.63. The van der Waals surface area contributed by atoms with Crippen LogP contribution < -0.4 is 5.43 Å². The third kappa shape index (κ3) is 6.02. The molecule has 0 spiro atoms. The monoisotopic (exact) mass is 320 g/mol. The zero-order valence-corrected chi connectivity index (χ0v) is 14.6. The molecule has 2 rings (SSSR count). The molecule has 4 nitrogen and oxygen atoms in total. The van der Waals surface area contributed by atoms with Crippen molar-refractivity contribution in [2.45, 2.75) is 77.8 Å². The van der Waals surface area contributed by atoms with Gasteiger partial charge in [0.15, 0.2) is 5.75 Å². The Hall–Kier alpha value is -1.29. The average Bonchev–Trinajstić information content (AvgIpc) is 2.56. The zero-order chi connectivity index (χ0) is 16.5. The van der Waals surface area contributed by atoms with Crippen LogP contribution in [-0.2, 0) is 13.1 Å². The summed E-state index contributed by atoms with van der Waals surface area (Å²) in [4.78, 5) is 14.2. The van der Waals surface area contributed by atoms with E-state index in [1.807, 2.05) is 0 Å². The number of hydrogen-bond acceptors (Lipinski definition) is 3. The van der Waals surface area contributed by atoms with Gasteiger partial charge < -0.3 is 9.67 Å². The van der Waals surface area contributed by atoms with E-state index in [9.17, 15) is 9.90 Å². The van der Waals surface area contributed by atoms with Crippen LogP contribution in [0.15, 0.2) is 17.1 Å². The number of pyridine rings is 1. The molecule has 23 heavy (non-hydrogen) atoms. The van der Waals surface area contributed by atoms with Crippen molar-refractivity contribution < 1.29 is 5.11 Å². The van der Waals surface area contributed by atoms with Crippen molar-refractivity contribution in [3.8, 4) is 5.75 Å². The van der Waals surface area contributed by atoms with Gasteiger partial charge in [-0.25, -0.2) is 0 Å². The Balaban J connectivity index is 1.93. The molecule has 0 amide bonds. The fourth-order valence-electron chi connectivity index (χ4n) is 3.36. The Kier molecular flexibility index (Phi) is 7.66. The molecule has 0 aromatic carbocycles. The van der Waals surface area contributed by atoms with E-state index in [4.69, 9.17) is 0 Å². The van der Waals surface area contributed by atoms with Crippen molar-refractivity contribution in [1.29, 1.82) is 0 Å². The Morgan fingerprint density at radius 2 is 1.74 bits per heavy atom. The van der Waals surface area contributed by atoms with Gasteiger partial charge in [-0.3, -0.25) is 9.69 Å². The van der Waals surface area contributed by atoms with Crippen molar-refractivity contribution in [2.75, 3.05) is 13.1 Å². The standard InChI is InChI=1S/C19H32N2O2/c1-2-3-4-5-6-10-13-21-16-19(23)18(22)14-17(21)15-20-11-8-7-9-12-20/h14,16,23H,2-13,15H2,1H3. The summed E-state index contributed by atoms with van der Waals surface area (Å²) in [7, 11) is 0. The molecule has 4 heteroatoms. The van der Waals surface area contributed by atoms with E-state index < -0.39 is 0 Å². The van der Waals surface area contributed by atoms with Gasteiger partial charge in [0.25, 0.3) is 0 Å². The van der Waals surface area contributed by atoms with Gasteiger partial charge in [-0.05, 0) is 32.4 Å². The van der Waals surface area contributed by atoms with Gasteiger partial charge in [0.1, 0.15) is 0 Å². The molecule has 0 bridgehead atoms. The molecule has 1 aromatic rings. The normalized spacial score (nSPS) is 15.9. The molecule has 130 valence electrons. The van der Waals surface area contributed by atoms with Gasteiger partial charge in [-0.1, -0.05) is 45.4 Å². The summed E-state index contributed by atoms with van der Waals surface area (Å²) in [6.07, 6.45) is 13.0. The highest BCUT2D eigenvalue weighted by molar-refractivity contribution is 5.20. The molecule has 1 aliphatic heterocycles. The smallest absolute Gasteiger partial charge is 0.223 e. The van der Waals surface area contributed by atoms with Gasteiger partial charge in [-0.2, -0.15) is 0 Å². The third-order valence-corrected chi connectivity index (χ3v) is 4.78. The van der Waals surface area contributed by atoms with E-state index in [1.54, 1.807) is 12.3 Å². The van der Waals surface area contributed by atoms with Crippen LogP contribution in [0, 0.1) is 0 Å². The molecular formula is C19H32N2O2. The molecule has 0 radical (unpaired) electrons. The summed E-state index contributed by atoms with van der Waals surface area (Å²) < 4.78 is 2.09. The lowest BCUT2D eigenvalue weighted by atomic mass is 10.1. The number of likely N-dealkylation sites (tertiary alicyclic amines) is 1. The van der Waals surface area contributed by atoms with E-state index in [0.29, 0.717) is 0 Å². The van der Waals surface area contributed by atoms with Gasteiger partial charge in [0.2, 0.25) is 5.43 Å². The van der Waals surface area contributed by atoms with Gasteiger partial charge in [0, 0.05) is 24.8 Å². The second-order valence-corrected chi connectivity index (χ2v) is 6.81. The predicted molar refractivity (Wildman–Crippen MR) is 94.9 cm³/mol. The molecule has 0 atom stereocenters. The predicted octanol–water partition coefficient (Wildman–Crippen LogP) is 3.90. The van der Waals surface area contributed by atoms with Crippen LogP contribution >= 0.6 is 0 Å². The lowest BCUT2D eigenvalue weighted by Crippen LogP contribution is -2.31. The summed E-state index contributed by atoms with van der Waals surface area (Å²) >= 11 is 0. The van der Waals surface area contributed by atoms with Crippen LogP contribution in [0.2, 0.25) is 0 Å². The first-order valence-electron chi connectivity index (χ1n) is 9.35. The van der Waals surface area contributed by atoms with E-state index in [1.165, 1.54) is 51.4 Å². The van der Waals surface area contributed by atoms with Crippen LogP contribution in [0.5, 0.6) is 5.75 Å². The maximum absolute atomic E-state index is 11.8. The van der Waals surface area contributed by atoms with E-state index in [0.717, 1.165) is 38.3 Å². The van der Waals surface area contributed by atoms with Crippen molar-refractivity contribution in [2.24, 2.45) is 0 Å². The van der Waals surface area contributed by atoms with Crippen LogP contribution in [0.4, 0.5) is 0 Å². The second kappa shape index (κ2) is 9.76. The number of unbranched alkanes of at least 4 members (excludes halogenated alkanes) is 5. The number of nitrogens with zero attached hydrogens (tertiary/aromatic N) is 2. The lowest BCUT2D eigenvalue weighted by molar-refractivity contribution is 0.214. The number of aromatic nitrogens is 1. The summed E-state index contributed by atoms with van der Waals surface area (Å²) in [5.41, 5.74) is 0.791. The van der Waals surface area contributed by atoms with E-state index >= 15 is 0 Å². The molecule has 1 aromatic heterocycles. The van der Waals surface area contributed by atoms with Crippen LogP contribution in [-0.4, -0.2) is 27.7 Å². The first-order valence-corrected chi connectivity index (χ1v) is 9.35. The van der Waals surface area contributed by atoms with E-state index in [2.05, 4.69) is 16.4 Å². The molecule has 0 saturated carbocycles. The Morgan fingerprint density at radius 3 is 2.48 bits per heavy atom. The van der Waals surface area contributed by atoms with Gasteiger partial charge in [0.05, 0.1) is 6.20 Å². The van der Waals surface area contributed by atoms with Crippen molar-refractivity contribution in [1.82, 2.24) is 9.47 Å². The number of aryl methyl sites for hydroxylation is 1. The second-order valence-electron chi connectivity index (χ2n) is 6.81. The molecular weight excluding hydrogens is 288 g/mol. The topological polar surface area (TPSA) is 45.5 Å². The minimum Gasteiger partial charge on any atom is -0.503 e. The Morgan fingerprint density at radius 1 is 1.04 bits per heavy atom. The SMILES string of the molecule is CCCCCCCCn1cc(O)c(=O)cc1CN1CCCCC1. The van der Waals surface area contributed by atoms with Crippen molar-refractivity contribution in [3.05, 3.63) is 28.2 Å². The Labute approximate surface area is 140 Å². The van der Waals surface area contributed by atoms with Crippen molar-refractivity contribution >= 4 is 0 Å². The molecule has 1 aliphatic rings. The zero-order valence-electron chi connectivity index (χ0n) is 14.6. The largest absolute Gasteiger partial charge is 0.503 e. The highest BCUT2D eigenvalue weighted by Crippen LogP contribution is 2.15. The molecule has 0 unspecified atom stereocenters. The van der Waals surface area contributed by atoms with Crippen LogP contribution in [0.25, 0.3) is 0 Å². The van der Waals surface area contributed by atoms with Crippen LogP contribution in [0.3, 0.4) is 0 Å². The molecule has 1 fully saturated rings. The number of aromatic hydroxyl groups is 1.